The van der Waals surface area contributed by atoms with Gasteiger partial charge in [0.05, 0.1) is 0 Å². The standard InChI is InChI=1S/C8H13O6P/c1-10-8(9)2-7-15(11-3-4-12-15)13-5-6-14-15/h2,7H,3-6H2,1H3/b7-2+. The van der Waals surface area contributed by atoms with Gasteiger partial charge in [-0.25, -0.2) is 0 Å². The molecule has 0 bridgehead atoms. The van der Waals surface area contributed by atoms with Gasteiger partial charge in [-0.3, -0.25) is 0 Å². The molecule has 0 N–H and O–H groups in total. The van der Waals surface area contributed by atoms with Crippen LogP contribution in [-0.2, 0) is 27.6 Å². The molecular weight excluding hydrogens is 223 g/mol. The van der Waals surface area contributed by atoms with E-state index in [0.29, 0.717) is 26.4 Å². The zero-order valence-electron chi connectivity index (χ0n) is 8.38. The van der Waals surface area contributed by atoms with Gasteiger partial charge in [0, 0.05) is 0 Å². The number of rotatable bonds is 2. The molecule has 2 aliphatic heterocycles. The molecule has 0 aromatic heterocycles. The van der Waals surface area contributed by atoms with Gasteiger partial charge in [0.1, 0.15) is 0 Å². The monoisotopic (exact) mass is 236 g/mol. The van der Waals surface area contributed by atoms with Crippen LogP contribution in [0.3, 0.4) is 0 Å². The molecule has 0 atom stereocenters. The first-order valence-corrected chi connectivity index (χ1v) is 6.56. The SMILES string of the molecule is COC(=O)/C=C/P12(OCCO1)OCCO2. The van der Waals surface area contributed by atoms with E-state index in [-0.39, 0.29) is 0 Å². The molecule has 0 amide bonds. The zero-order valence-corrected chi connectivity index (χ0v) is 9.27. The molecule has 7 heteroatoms. The van der Waals surface area contributed by atoms with Crippen molar-refractivity contribution < 1.29 is 27.6 Å². The minimum atomic E-state index is -3.55. The second-order valence-electron chi connectivity index (χ2n) is 3.04. The summed E-state index contributed by atoms with van der Waals surface area (Å²) in [4.78, 5) is 11.0. The van der Waals surface area contributed by atoms with Crippen LogP contribution in [0.1, 0.15) is 0 Å². The Kier molecular flexibility index (Phi) is 2.79. The van der Waals surface area contributed by atoms with Crippen molar-refractivity contribution in [1.29, 1.82) is 0 Å². The summed E-state index contributed by atoms with van der Waals surface area (Å²) in [6.45, 7) is 1.62. The average molecular weight is 236 g/mol. The molecule has 2 aliphatic rings. The van der Waals surface area contributed by atoms with Gasteiger partial charge in [0.25, 0.3) is 0 Å². The summed E-state index contributed by atoms with van der Waals surface area (Å²) in [6, 6.07) is 0. The Bertz CT molecular complexity index is 266. The van der Waals surface area contributed by atoms with Crippen molar-refractivity contribution in [3.05, 3.63) is 11.9 Å². The van der Waals surface area contributed by atoms with E-state index in [4.69, 9.17) is 18.1 Å². The van der Waals surface area contributed by atoms with Gasteiger partial charge < -0.3 is 0 Å². The molecule has 0 saturated carbocycles. The van der Waals surface area contributed by atoms with Crippen LogP contribution in [0, 0.1) is 0 Å². The summed E-state index contributed by atoms with van der Waals surface area (Å²) < 4.78 is 26.3. The Morgan fingerprint density at radius 2 is 1.60 bits per heavy atom. The van der Waals surface area contributed by atoms with Crippen molar-refractivity contribution in [1.82, 2.24) is 0 Å². The van der Waals surface area contributed by atoms with Crippen LogP contribution >= 0.6 is 7.51 Å². The fourth-order valence-electron chi connectivity index (χ4n) is 1.45. The van der Waals surface area contributed by atoms with Gasteiger partial charge in [0.2, 0.25) is 0 Å². The Hall–Kier alpha value is -0.520. The molecule has 0 aliphatic carbocycles. The molecule has 0 unspecified atom stereocenters. The maximum absolute atomic E-state index is 11.0. The van der Waals surface area contributed by atoms with E-state index in [1.54, 1.807) is 0 Å². The van der Waals surface area contributed by atoms with Gasteiger partial charge in [-0.05, 0) is 0 Å². The number of carbonyl (C=O) groups is 1. The number of methoxy groups -OCH3 is 1. The maximum atomic E-state index is 11.0. The molecule has 2 fully saturated rings. The Morgan fingerprint density at radius 3 is 2.00 bits per heavy atom. The van der Waals surface area contributed by atoms with Crippen molar-refractivity contribution in [2.75, 3.05) is 33.5 Å². The summed E-state index contributed by atoms with van der Waals surface area (Å²) in [6.07, 6.45) is 1.22. The Balaban J connectivity index is 2.20. The topological polar surface area (TPSA) is 63.2 Å². The van der Waals surface area contributed by atoms with Crippen LogP contribution in [0.4, 0.5) is 0 Å². The van der Waals surface area contributed by atoms with Crippen molar-refractivity contribution in [2.24, 2.45) is 0 Å². The molecule has 0 aromatic carbocycles. The predicted octanol–water partition coefficient (Wildman–Crippen LogP) is 0.980. The number of esters is 1. The van der Waals surface area contributed by atoms with Crippen LogP contribution in [0.2, 0.25) is 0 Å². The van der Waals surface area contributed by atoms with Crippen molar-refractivity contribution in [3.8, 4) is 0 Å². The molecule has 15 heavy (non-hydrogen) atoms. The number of hydrogen-bond acceptors (Lipinski definition) is 6. The first-order valence-electron chi connectivity index (χ1n) is 4.58. The number of ether oxygens (including phenoxy) is 1. The van der Waals surface area contributed by atoms with E-state index in [9.17, 15) is 4.79 Å². The normalized spacial score (nSPS) is 30.3. The van der Waals surface area contributed by atoms with E-state index in [0.717, 1.165) is 0 Å². The third-order valence-corrected chi connectivity index (χ3v) is 5.35. The minimum absolute atomic E-state index is 0.406. The predicted molar refractivity (Wildman–Crippen MR) is 51.9 cm³/mol. The summed E-state index contributed by atoms with van der Waals surface area (Å²) in [7, 11) is -2.25. The van der Waals surface area contributed by atoms with Crippen LogP contribution < -0.4 is 0 Å². The first kappa shape index (κ1) is 11.0. The van der Waals surface area contributed by atoms with E-state index >= 15 is 0 Å². The van der Waals surface area contributed by atoms with Crippen LogP contribution in [-0.4, -0.2) is 39.5 Å². The average Bonchev–Trinajstić information content (AvgIpc) is 2.87. The van der Waals surface area contributed by atoms with E-state index in [1.807, 2.05) is 0 Å². The molecule has 6 nitrogen and oxygen atoms in total. The number of carbonyl (C=O) groups excluding carboxylic acids is 1. The Labute approximate surface area is 87.3 Å². The van der Waals surface area contributed by atoms with Gasteiger partial charge in [-0.2, -0.15) is 0 Å². The summed E-state index contributed by atoms with van der Waals surface area (Å²) in [5.74, 6) is 0.935. The summed E-state index contributed by atoms with van der Waals surface area (Å²) >= 11 is 0. The van der Waals surface area contributed by atoms with Crippen LogP contribution in [0.5, 0.6) is 0 Å². The van der Waals surface area contributed by atoms with E-state index < -0.39 is 13.5 Å². The van der Waals surface area contributed by atoms with Gasteiger partial charge in [-0.1, -0.05) is 0 Å². The second-order valence-corrected chi connectivity index (χ2v) is 6.11. The molecule has 0 aromatic rings. The molecule has 2 rings (SSSR count). The zero-order chi connectivity index (χ0) is 10.8. The van der Waals surface area contributed by atoms with Crippen LogP contribution in [0.25, 0.3) is 0 Å². The molecular formula is C8H13O6P. The Morgan fingerprint density at radius 1 is 1.13 bits per heavy atom. The van der Waals surface area contributed by atoms with Gasteiger partial charge in [-0.15, -0.1) is 0 Å². The quantitative estimate of drug-likeness (QED) is 0.404. The molecule has 0 radical (unpaired) electrons. The van der Waals surface area contributed by atoms with Gasteiger partial charge >= 0.3 is 86.5 Å². The van der Waals surface area contributed by atoms with Crippen molar-refractivity contribution in [3.63, 3.8) is 0 Å². The molecule has 2 saturated heterocycles. The molecule has 1 spiro atoms. The third kappa shape index (κ3) is 1.91. The van der Waals surface area contributed by atoms with E-state index in [1.165, 1.54) is 19.0 Å². The molecule has 2 heterocycles. The van der Waals surface area contributed by atoms with Crippen molar-refractivity contribution in [2.45, 2.75) is 0 Å². The van der Waals surface area contributed by atoms with Gasteiger partial charge in [0.15, 0.2) is 0 Å². The summed E-state index contributed by atoms with van der Waals surface area (Å²) in [5.41, 5.74) is 0. The molecule has 86 valence electrons. The fourth-order valence-corrected chi connectivity index (χ4v) is 4.22. The van der Waals surface area contributed by atoms with Crippen molar-refractivity contribution >= 4 is 13.5 Å². The fraction of sp³-hybridized carbons (Fsp3) is 0.625. The van der Waals surface area contributed by atoms with Crippen LogP contribution in [0.15, 0.2) is 11.9 Å². The first-order chi connectivity index (χ1) is 7.18. The third-order valence-electron chi connectivity index (χ3n) is 2.12. The van der Waals surface area contributed by atoms with E-state index in [2.05, 4.69) is 4.74 Å². The second kappa shape index (κ2) is 3.81. The number of hydrogen-bond donors (Lipinski definition) is 0. The summed E-state index contributed by atoms with van der Waals surface area (Å²) in [5, 5.41) is 0.